The predicted molar refractivity (Wildman–Crippen MR) is 92.2 cm³/mol. The fourth-order valence-electron chi connectivity index (χ4n) is 5.14. The standard InChI is InChI=1S/C20H25NO4/c22-16(21-19(17(23)24)10-12-25-13-11-19)20(15-6-2-1-3-7-15)14-18(20)8-4-5-9-18/h1-3,6-7H,4-5,8-14H2,(H,21,22)(H,23,24)/t20-/m1/s1. The van der Waals surface area contributed by atoms with E-state index in [4.69, 9.17) is 4.74 Å². The van der Waals surface area contributed by atoms with E-state index in [0.717, 1.165) is 37.7 Å². The Balaban J connectivity index is 1.67. The Morgan fingerprint density at radius 1 is 1.00 bits per heavy atom. The van der Waals surface area contributed by atoms with Gasteiger partial charge < -0.3 is 15.2 Å². The molecule has 4 rings (SSSR count). The minimum Gasteiger partial charge on any atom is -0.480 e. The molecule has 1 amide bonds. The average Bonchev–Trinajstić information content (AvgIpc) is 3.04. The van der Waals surface area contributed by atoms with Gasteiger partial charge in [-0.3, -0.25) is 4.79 Å². The molecule has 0 bridgehead atoms. The van der Waals surface area contributed by atoms with Crippen molar-refractivity contribution in [2.45, 2.75) is 55.9 Å². The molecule has 5 heteroatoms. The Hall–Kier alpha value is -1.88. The number of ether oxygens (including phenoxy) is 1. The van der Waals surface area contributed by atoms with E-state index in [0.29, 0.717) is 26.1 Å². The number of benzene rings is 1. The van der Waals surface area contributed by atoms with Crippen LogP contribution >= 0.6 is 0 Å². The van der Waals surface area contributed by atoms with Crippen molar-refractivity contribution in [3.05, 3.63) is 35.9 Å². The Morgan fingerprint density at radius 3 is 2.24 bits per heavy atom. The molecule has 1 heterocycles. The molecule has 25 heavy (non-hydrogen) atoms. The van der Waals surface area contributed by atoms with Gasteiger partial charge in [0.25, 0.3) is 0 Å². The van der Waals surface area contributed by atoms with Crippen molar-refractivity contribution in [2.75, 3.05) is 13.2 Å². The molecule has 1 aromatic carbocycles. The molecule has 2 aliphatic carbocycles. The Kier molecular flexibility index (Phi) is 3.87. The third kappa shape index (κ3) is 2.40. The van der Waals surface area contributed by atoms with Crippen LogP contribution in [0.1, 0.15) is 50.5 Å². The van der Waals surface area contributed by atoms with Crippen molar-refractivity contribution >= 4 is 11.9 Å². The van der Waals surface area contributed by atoms with Gasteiger partial charge in [-0.2, -0.15) is 0 Å². The van der Waals surface area contributed by atoms with Gasteiger partial charge in [0.05, 0.1) is 5.41 Å². The largest absolute Gasteiger partial charge is 0.480 e. The lowest BCUT2D eigenvalue weighted by molar-refractivity contribution is -0.152. The molecule has 0 aromatic heterocycles. The average molecular weight is 343 g/mol. The van der Waals surface area contributed by atoms with E-state index >= 15 is 0 Å². The number of carbonyl (C=O) groups excluding carboxylic acids is 1. The fraction of sp³-hybridized carbons (Fsp3) is 0.600. The number of carboxylic acids is 1. The highest BCUT2D eigenvalue weighted by molar-refractivity contribution is 5.97. The smallest absolute Gasteiger partial charge is 0.329 e. The van der Waals surface area contributed by atoms with E-state index < -0.39 is 16.9 Å². The van der Waals surface area contributed by atoms with E-state index in [2.05, 4.69) is 5.32 Å². The summed E-state index contributed by atoms with van der Waals surface area (Å²) in [5.74, 6) is -1.06. The van der Waals surface area contributed by atoms with Crippen LogP contribution in [-0.4, -0.2) is 35.7 Å². The molecule has 3 aliphatic rings. The van der Waals surface area contributed by atoms with E-state index in [1.165, 1.54) is 0 Å². The number of rotatable bonds is 4. The normalized spacial score (nSPS) is 29.3. The monoisotopic (exact) mass is 343 g/mol. The third-order valence-electron chi connectivity index (χ3n) is 6.71. The van der Waals surface area contributed by atoms with Crippen LogP contribution in [-0.2, 0) is 19.7 Å². The summed E-state index contributed by atoms with van der Waals surface area (Å²) in [6.07, 6.45) is 5.90. The number of nitrogens with one attached hydrogen (secondary N) is 1. The number of amides is 1. The van der Waals surface area contributed by atoms with Gasteiger partial charge in [-0.15, -0.1) is 0 Å². The van der Waals surface area contributed by atoms with Gasteiger partial charge in [0.1, 0.15) is 5.54 Å². The number of aliphatic carboxylic acids is 1. The van der Waals surface area contributed by atoms with Crippen LogP contribution < -0.4 is 5.32 Å². The van der Waals surface area contributed by atoms with Crippen LogP contribution in [0.25, 0.3) is 0 Å². The fourth-order valence-corrected chi connectivity index (χ4v) is 5.14. The first-order chi connectivity index (χ1) is 12.0. The molecular formula is C20H25NO4. The molecule has 3 fully saturated rings. The number of carbonyl (C=O) groups is 2. The van der Waals surface area contributed by atoms with Crippen LogP contribution in [0.5, 0.6) is 0 Å². The second kappa shape index (κ2) is 5.84. The van der Waals surface area contributed by atoms with Crippen molar-refractivity contribution in [1.82, 2.24) is 5.32 Å². The highest BCUT2D eigenvalue weighted by atomic mass is 16.5. The van der Waals surface area contributed by atoms with Gasteiger partial charge in [0.2, 0.25) is 5.91 Å². The second-order valence-corrected chi connectivity index (χ2v) is 7.89. The SMILES string of the molecule is O=C(O)C1(NC(=O)[C@]2(c3ccccc3)CC23CCCC3)CCOCC1. The quantitative estimate of drug-likeness (QED) is 0.881. The summed E-state index contributed by atoms with van der Waals surface area (Å²) in [5, 5.41) is 12.7. The molecule has 0 radical (unpaired) electrons. The number of carboxylic acid groups (broad SMARTS) is 1. The molecule has 5 nitrogen and oxygen atoms in total. The predicted octanol–water partition coefficient (Wildman–Crippen LogP) is 2.64. The van der Waals surface area contributed by atoms with Crippen molar-refractivity contribution in [1.29, 1.82) is 0 Å². The first-order valence-corrected chi connectivity index (χ1v) is 9.24. The van der Waals surface area contributed by atoms with Gasteiger partial charge in [0, 0.05) is 26.1 Å². The lowest BCUT2D eigenvalue weighted by Crippen LogP contribution is -2.60. The molecule has 134 valence electrons. The van der Waals surface area contributed by atoms with Gasteiger partial charge in [-0.1, -0.05) is 43.2 Å². The maximum Gasteiger partial charge on any atom is 0.329 e. The Bertz CT molecular complexity index is 674. The summed E-state index contributed by atoms with van der Waals surface area (Å²) in [4.78, 5) is 25.4. The third-order valence-corrected chi connectivity index (χ3v) is 6.71. The van der Waals surface area contributed by atoms with Crippen LogP contribution in [0.15, 0.2) is 30.3 Å². The summed E-state index contributed by atoms with van der Waals surface area (Å²) in [6, 6.07) is 9.92. The molecule has 1 atom stereocenters. The molecule has 1 saturated heterocycles. The zero-order valence-corrected chi connectivity index (χ0v) is 14.4. The molecule has 0 unspecified atom stereocenters. The summed E-state index contributed by atoms with van der Waals surface area (Å²) in [6.45, 7) is 0.742. The van der Waals surface area contributed by atoms with Crippen molar-refractivity contribution in [3.63, 3.8) is 0 Å². The first kappa shape index (κ1) is 16.6. The lowest BCUT2D eigenvalue weighted by atomic mass is 9.82. The zero-order valence-electron chi connectivity index (χ0n) is 14.4. The molecule has 2 N–H and O–H groups in total. The molecule has 1 aliphatic heterocycles. The lowest BCUT2D eigenvalue weighted by Gasteiger charge is -2.36. The van der Waals surface area contributed by atoms with Crippen LogP contribution in [0.2, 0.25) is 0 Å². The van der Waals surface area contributed by atoms with Gasteiger partial charge in [-0.05, 0) is 30.2 Å². The number of hydrogen-bond acceptors (Lipinski definition) is 3. The second-order valence-electron chi connectivity index (χ2n) is 7.89. The van der Waals surface area contributed by atoms with E-state index in [9.17, 15) is 14.7 Å². The minimum atomic E-state index is -1.19. The molecular weight excluding hydrogens is 318 g/mol. The summed E-state index contributed by atoms with van der Waals surface area (Å²) >= 11 is 0. The highest BCUT2D eigenvalue weighted by Gasteiger charge is 2.72. The maximum atomic E-state index is 13.5. The first-order valence-electron chi connectivity index (χ1n) is 9.24. The van der Waals surface area contributed by atoms with E-state index in [1.807, 2.05) is 30.3 Å². The highest BCUT2D eigenvalue weighted by Crippen LogP contribution is 2.72. The van der Waals surface area contributed by atoms with Crippen molar-refractivity contribution in [3.8, 4) is 0 Å². The number of hydrogen-bond donors (Lipinski definition) is 2. The summed E-state index contributed by atoms with van der Waals surface area (Å²) in [5.41, 5.74) is -0.712. The topological polar surface area (TPSA) is 75.6 Å². The van der Waals surface area contributed by atoms with Crippen LogP contribution in [0.4, 0.5) is 0 Å². The van der Waals surface area contributed by atoms with E-state index in [-0.39, 0.29) is 11.3 Å². The summed E-state index contributed by atoms with van der Waals surface area (Å²) < 4.78 is 5.32. The van der Waals surface area contributed by atoms with Crippen LogP contribution in [0, 0.1) is 5.41 Å². The molecule has 2 saturated carbocycles. The Labute approximate surface area is 147 Å². The Morgan fingerprint density at radius 2 is 1.64 bits per heavy atom. The van der Waals surface area contributed by atoms with Gasteiger partial charge >= 0.3 is 5.97 Å². The molecule has 1 spiro atoms. The minimum absolute atomic E-state index is 0.0172. The van der Waals surface area contributed by atoms with Crippen molar-refractivity contribution in [2.24, 2.45) is 5.41 Å². The van der Waals surface area contributed by atoms with Gasteiger partial charge in [-0.25, -0.2) is 4.79 Å². The van der Waals surface area contributed by atoms with Gasteiger partial charge in [0.15, 0.2) is 0 Å². The van der Waals surface area contributed by atoms with Crippen molar-refractivity contribution < 1.29 is 19.4 Å². The van der Waals surface area contributed by atoms with Crippen LogP contribution in [0.3, 0.4) is 0 Å². The molecule has 1 aromatic rings. The zero-order chi connectivity index (χ0) is 17.5. The van der Waals surface area contributed by atoms with E-state index in [1.54, 1.807) is 0 Å². The maximum absolute atomic E-state index is 13.5. The summed E-state index contributed by atoms with van der Waals surface area (Å²) in [7, 11) is 0.